The van der Waals surface area contributed by atoms with E-state index in [0.29, 0.717) is 17.6 Å². The molecule has 12 aromatic rings. The zero-order chi connectivity index (χ0) is 36.0. The molecule has 6 heteroatoms. The molecule has 0 saturated carbocycles. The van der Waals surface area contributed by atoms with Crippen LogP contribution in [0.3, 0.4) is 0 Å². The zero-order valence-electron chi connectivity index (χ0n) is 29.3. The molecule has 0 fully saturated rings. The van der Waals surface area contributed by atoms with Gasteiger partial charge in [-0.2, -0.15) is 9.97 Å². The highest BCUT2D eigenvalue weighted by molar-refractivity contribution is 6.29. The fraction of sp³-hybridized carbons (Fsp3) is 0. The highest BCUT2D eigenvalue weighted by atomic mass is 16.3. The first-order valence-electron chi connectivity index (χ1n) is 18.4. The maximum Gasteiger partial charge on any atom is 0.238 e. The summed E-state index contributed by atoms with van der Waals surface area (Å²) >= 11 is 0. The van der Waals surface area contributed by atoms with Crippen molar-refractivity contribution in [1.29, 1.82) is 0 Å². The first-order chi connectivity index (χ1) is 27.3. The Morgan fingerprint density at radius 3 is 1.75 bits per heavy atom. The van der Waals surface area contributed by atoms with E-state index < -0.39 is 0 Å². The molecule has 0 bridgehead atoms. The summed E-state index contributed by atoms with van der Waals surface area (Å²) in [5.41, 5.74) is 9.37. The van der Waals surface area contributed by atoms with Gasteiger partial charge in [0.1, 0.15) is 22.3 Å². The number of para-hydroxylation sites is 2. The number of aromatic nitrogens is 4. The molecule has 12 rings (SSSR count). The number of nitrogens with zero attached hydrogens (tertiary/aromatic N) is 4. The van der Waals surface area contributed by atoms with Gasteiger partial charge in [-0.25, -0.2) is 4.98 Å². The highest BCUT2D eigenvalue weighted by Crippen LogP contribution is 2.45. The Labute approximate surface area is 313 Å². The number of furan rings is 2. The number of hydrogen-bond donors (Lipinski definition) is 0. The van der Waals surface area contributed by atoms with Crippen molar-refractivity contribution in [3.63, 3.8) is 0 Å². The van der Waals surface area contributed by atoms with Crippen molar-refractivity contribution < 1.29 is 8.83 Å². The average molecular weight is 705 g/mol. The van der Waals surface area contributed by atoms with Gasteiger partial charge in [0.05, 0.1) is 16.4 Å². The molecule has 0 amide bonds. The maximum absolute atomic E-state index is 7.02. The minimum absolute atomic E-state index is 0.545. The van der Waals surface area contributed by atoms with Crippen LogP contribution in [-0.2, 0) is 0 Å². The smallest absolute Gasteiger partial charge is 0.238 e. The van der Waals surface area contributed by atoms with Crippen LogP contribution in [-0.4, -0.2) is 19.5 Å². The van der Waals surface area contributed by atoms with Crippen molar-refractivity contribution >= 4 is 76.5 Å². The van der Waals surface area contributed by atoms with Gasteiger partial charge in [-0.3, -0.25) is 4.57 Å². The van der Waals surface area contributed by atoms with E-state index in [9.17, 15) is 0 Å². The molecule has 0 saturated heterocycles. The highest BCUT2D eigenvalue weighted by Gasteiger charge is 2.23. The average Bonchev–Trinajstić information content (AvgIpc) is 3.93. The summed E-state index contributed by atoms with van der Waals surface area (Å²) in [7, 11) is 0. The summed E-state index contributed by atoms with van der Waals surface area (Å²) < 4.78 is 15.5. The zero-order valence-corrected chi connectivity index (χ0v) is 29.3. The Bertz CT molecular complexity index is 3430. The van der Waals surface area contributed by atoms with Gasteiger partial charge in [-0.15, -0.1) is 0 Å². The summed E-state index contributed by atoms with van der Waals surface area (Å²) in [6, 6.07) is 58.4. The molecule has 4 heterocycles. The topological polar surface area (TPSA) is 69.9 Å². The molecule has 0 aliphatic rings. The number of benzene rings is 8. The summed E-state index contributed by atoms with van der Waals surface area (Å²) in [5, 5.41) is 8.75. The third-order valence-electron chi connectivity index (χ3n) is 10.9. The molecule has 256 valence electrons. The standard InChI is InChI=1S/C49H28N4O2/c1-3-13-29(14-4-1)47-50-48(30-15-5-2-6-16-30)52-49(51-47)53-39-21-11-9-20-36(39)45-40(53)26-25-37-44-35-19-8-7-17-32(35)38(28-43(44)55-46(37)45)31-23-24-34-33-18-10-12-22-41(33)54-42(34)27-31/h1-28H. The molecule has 0 atom stereocenters. The van der Waals surface area contributed by atoms with Crippen molar-refractivity contribution in [2.24, 2.45) is 0 Å². The van der Waals surface area contributed by atoms with Gasteiger partial charge >= 0.3 is 0 Å². The Hall–Kier alpha value is -7.57. The fourth-order valence-corrected chi connectivity index (χ4v) is 8.39. The minimum atomic E-state index is 0.545. The molecular weight excluding hydrogens is 677 g/mol. The Morgan fingerprint density at radius 1 is 0.364 bits per heavy atom. The lowest BCUT2D eigenvalue weighted by atomic mass is 9.94. The fourth-order valence-electron chi connectivity index (χ4n) is 8.39. The van der Waals surface area contributed by atoms with Crippen LogP contribution in [0.1, 0.15) is 0 Å². The van der Waals surface area contributed by atoms with E-state index in [2.05, 4.69) is 102 Å². The van der Waals surface area contributed by atoms with Gasteiger partial charge in [-0.1, -0.05) is 127 Å². The minimum Gasteiger partial charge on any atom is -0.456 e. The SMILES string of the molecule is c1ccc(-c2nc(-c3ccccc3)nc(-n3c4ccccc4c4c5oc6cc(-c7ccc8c(c7)oc7ccccc78)c7ccccc7c6c5ccc43)n2)cc1. The van der Waals surface area contributed by atoms with Crippen LogP contribution in [0.2, 0.25) is 0 Å². The molecule has 0 unspecified atom stereocenters. The lowest BCUT2D eigenvalue weighted by Gasteiger charge is -2.10. The Kier molecular flexibility index (Phi) is 6.24. The van der Waals surface area contributed by atoms with Crippen LogP contribution in [0.15, 0.2) is 179 Å². The van der Waals surface area contributed by atoms with E-state index in [4.69, 9.17) is 23.8 Å². The van der Waals surface area contributed by atoms with Crippen LogP contribution in [0.5, 0.6) is 0 Å². The van der Waals surface area contributed by atoms with Crippen LogP contribution in [0.4, 0.5) is 0 Å². The second-order valence-corrected chi connectivity index (χ2v) is 14.0. The van der Waals surface area contributed by atoms with E-state index >= 15 is 0 Å². The van der Waals surface area contributed by atoms with Crippen LogP contribution in [0, 0.1) is 0 Å². The van der Waals surface area contributed by atoms with Gasteiger partial charge in [0.15, 0.2) is 11.6 Å². The molecular formula is C49H28N4O2. The van der Waals surface area contributed by atoms with Crippen molar-refractivity contribution in [3.05, 3.63) is 170 Å². The van der Waals surface area contributed by atoms with Gasteiger partial charge in [-0.05, 0) is 64.4 Å². The molecule has 0 radical (unpaired) electrons. The molecule has 4 aromatic heterocycles. The molecule has 55 heavy (non-hydrogen) atoms. The number of hydrogen-bond acceptors (Lipinski definition) is 5. The lowest BCUT2D eigenvalue weighted by molar-refractivity contribution is 0.669. The summed E-state index contributed by atoms with van der Waals surface area (Å²) in [5.74, 6) is 1.77. The first-order valence-corrected chi connectivity index (χ1v) is 18.4. The third kappa shape index (κ3) is 4.46. The lowest BCUT2D eigenvalue weighted by Crippen LogP contribution is -2.06. The van der Waals surface area contributed by atoms with E-state index in [0.717, 1.165) is 98.7 Å². The van der Waals surface area contributed by atoms with Gasteiger partial charge in [0, 0.05) is 38.1 Å². The van der Waals surface area contributed by atoms with Crippen molar-refractivity contribution in [1.82, 2.24) is 19.5 Å². The first kappa shape index (κ1) is 29.9. The largest absolute Gasteiger partial charge is 0.456 e. The van der Waals surface area contributed by atoms with Crippen LogP contribution < -0.4 is 0 Å². The summed E-state index contributed by atoms with van der Waals surface area (Å²) in [6.45, 7) is 0. The third-order valence-corrected chi connectivity index (χ3v) is 10.9. The maximum atomic E-state index is 7.02. The summed E-state index contributed by atoms with van der Waals surface area (Å²) in [4.78, 5) is 15.2. The Morgan fingerprint density at radius 2 is 0.982 bits per heavy atom. The van der Waals surface area contributed by atoms with Crippen LogP contribution >= 0.6 is 0 Å². The van der Waals surface area contributed by atoms with Gasteiger partial charge in [0.2, 0.25) is 5.95 Å². The predicted molar refractivity (Wildman–Crippen MR) is 223 cm³/mol. The van der Waals surface area contributed by atoms with E-state index in [-0.39, 0.29) is 0 Å². The van der Waals surface area contributed by atoms with Gasteiger partial charge < -0.3 is 8.83 Å². The quantitative estimate of drug-likeness (QED) is 0.182. The van der Waals surface area contributed by atoms with Crippen molar-refractivity contribution in [3.8, 4) is 39.9 Å². The van der Waals surface area contributed by atoms with E-state index in [1.54, 1.807) is 0 Å². The van der Waals surface area contributed by atoms with Crippen molar-refractivity contribution in [2.45, 2.75) is 0 Å². The Balaban J connectivity index is 1.13. The molecule has 0 aliphatic heterocycles. The van der Waals surface area contributed by atoms with Crippen molar-refractivity contribution in [2.75, 3.05) is 0 Å². The van der Waals surface area contributed by atoms with Gasteiger partial charge in [0.25, 0.3) is 0 Å². The molecule has 0 N–H and O–H groups in total. The number of fused-ring (bicyclic) bond motifs is 12. The van der Waals surface area contributed by atoms with Crippen LogP contribution in [0.25, 0.3) is 116 Å². The molecule has 8 aromatic carbocycles. The molecule has 6 nitrogen and oxygen atoms in total. The summed E-state index contributed by atoms with van der Waals surface area (Å²) in [6.07, 6.45) is 0. The monoisotopic (exact) mass is 704 g/mol. The van der Waals surface area contributed by atoms with E-state index in [1.165, 1.54) is 0 Å². The molecule has 0 spiro atoms. The second-order valence-electron chi connectivity index (χ2n) is 14.0. The van der Waals surface area contributed by atoms with E-state index in [1.807, 2.05) is 72.8 Å². The second kappa shape index (κ2) is 11.5. The number of rotatable bonds is 4. The normalized spacial score (nSPS) is 12.0. The molecule has 0 aliphatic carbocycles. The predicted octanol–water partition coefficient (Wildman–Crippen LogP) is 12.9.